The minimum absolute atomic E-state index is 0. The SMILES string of the molecule is C.C=CCC(CC(=O)O)C(=O)O.F. The molecule has 0 aliphatic heterocycles. The number of halogens is 1. The molecule has 0 amide bonds. The Morgan fingerprint density at radius 1 is 1.38 bits per heavy atom. The fourth-order valence-electron chi connectivity index (χ4n) is 0.683. The lowest BCUT2D eigenvalue weighted by Crippen LogP contribution is -2.16. The Hall–Kier alpha value is -1.39. The molecule has 78 valence electrons. The number of hydrogen-bond acceptors (Lipinski definition) is 2. The van der Waals surface area contributed by atoms with Crippen LogP contribution in [-0.4, -0.2) is 22.2 Å². The molecule has 13 heavy (non-hydrogen) atoms. The van der Waals surface area contributed by atoms with Gasteiger partial charge in [-0.15, -0.1) is 6.58 Å². The van der Waals surface area contributed by atoms with E-state index in [-0.39, 0.29) is 25.0 Å². The highest BCUT2D eigenvalue weighted by Gasteiger charge is 2.18. The van der Waals surface area contributed by atoms with E-state index in [0.29, 0.717) is 0 Å². The fraction of sp³-hybridized carbons (Fsp3) is 0.500. The molecule has 0 heterocycles. The molecule has 0 aliphatic carbocycles. The van der Waals surface area contributed by atoms with Crippen molar-refractivity contribution in [2.45, 2.75) is 20.3 Å². The van der Waals surface area contributed by atoms with Crippen LogP contribution in [0.25, 0.3) is 0 Å². The topological polar surface area (TPSA) is 74.6 Å². The number of rotatable bonds is 5. The summed E-state index contributed by atoms with van der Waals surface area (Å²) in [6.07, 6.45) is 1.25. The number of hydrogen-bond donors (Lipinski definition) is 2. The van der Waals surface area contributed by atoms with Gasteiger partial charge in [-0.3, -0.25) is 14.3 Å². The van der Waals surface area contributed by atoms with Crippen molar-refractivity contribution in [1.82, 2.24) is 0 Å². The molecule has 0 saturated carbocycles. The monoisotopic (exact) mass is 194 g/mol. The van der Waals surface area contributed by atoms with Crippen LogP contribution in [0, 0.1) is 5.92 Å². The molecule has 0 rings (SSSR count). The molecule has 1 unspecified atom stereocenters. The van der Waals surface area contributed by atoms with Crippen molar-refractivity contribution in [3.8, 4) is 0 Å². The summed E-state index contributed by atoms with van der Waals surface area (Å²) < 4.78 is 0. The van der Waals surface area contributed by atoms with Gasteiger partial charge in [0.1, 0.15) is 0 Å². The first kappa shape index (κ1) is 17.6. The predicted molar refractivity (Wildman–Crippen MR) is 47.4 cm³/mol. The summed E-state index contributed by atoms with van der Waals surface area (Å²) in [5.74, 6) is -3.03. The van der Waals surface area contributed by atoms with E-state index in [2.05, 4.69) is 6.58 Å². The molecule has 1 atom stereocenters. The van der Waals surface area contributed by atoms with Crippen LogP contribution in [-0.2, 0) is 9.59 Å². The summed E-state index contributed by atoms with van der Waals surface area (Å²) in [7, 11) is 0. The Morgan fingerprint density at radius 2 is 1.85 bits per heavy atom. The number of carbonyl (C=O) groups is 2. The van der Waals surface area contributed by atoms with E-state index in [4.69, 9.17) is 10.2 Å². The first-order chi connectivity index (χ1) is 5.07. The molecule has 2 N–H and O–H groups in total. The second kappa shape index (κ2) is 8.70. The minimum Gasteiger partial charge on any atom is -0.481 e. The second-order valence-corrected chi connectivity index (χ2v) is 2.16. The lowest BCUT2D eigenvalue weighted by atomic mass is 10.0. The molecule has 0 aromatic heterocycles. The van der Waals surface area contributed by atoms with Crippen molar-refractivity contribution in [3.05, 3.63) is 12.7 Å². The number of allylic oxidation sites excluding steroid dienone is 1. The van der Waals surface area contributed by atoms with E-state index < -0.39 is 17.9 Å². The Labute approximate surface area is 76.3 Å². The molecule has 0 bridgehead atoms. The Bertz CT molecular complexity index is 179. The highest BCUT2D eigenvalue weighted by molar-refractivity contribution is 5.77. The van der Waals surface area contributed by atoms with Gasteiger partial charge in [0.2, 0.25) is 0 Å². The van der Waals surface area contributed by atoms with Crippen LogP contribution in [0.5, 0.6) is 0 Å². The molecule has 4 nitrogen and oxygen atoms in total. The highest BCUT2D eigenvalue weighted by Crippen LogP contribution is 2.08. The third kappa shape index (κ3) is 8.52. The Kier molecular flexibility index (Phi) is 11.8. The average molecular weight is 194 g/mol. The molecule has 0 aliphatic rings. The van der Waals surface area contributed by atoms with Gasteiger partial charge < -0.3 is 10.2 Å². The van der Waals surface area contributed by atoms with Crippen LogP contribution in [0.1, 0.15) is 20.3 Å². The van der Waals surface area contributed by atoms with Gasteiger partial charge in [-0.2, -0.15) is 0 Å². The van der Waals surface area contributed by atoms with Crippen LogP contribution in [0.15, 0.2) is 12.7 Å². The summed E-state index contributed by atoms with van der Waals surface area (Å²) in [6, 6.07) is 0. The Morgan fingerprint density at radius 3 is 2.08 bits per heavy atom. The average Bonchev–Trinajstić information content (AvgIpc) is 1.86. The van der Waals surface area contributed by atoms with Crippen LogP contribution in [0.4, 0.5) is 4.70 Å². The first-order valence-electron chi connectivity index (χ1n) is 3.13. The molecule has 5 heteroatoms. The zero-order valence-corrected chi connectivity index (χ0v) is 6.40. The largest absolute Gasteiger partial charge is 0.481 e. The maximum atomic E-state index is 10.3. The van der Waals surface area contributed by atoms with Crippen molar-refractivity contribution in [1.29, 1.82) is 0 Å². The van der Waals surface area contributed by atoms with Crippen LogP contribution in [0.2, 0.25) is 0 Å². The molecule has 0 aromatic rings. The number of carboxylic acids is 2. The van der Waals surface area contributed by atoms with Gasteiger partial charge in [-0.25, -0.2) is 0 Å². The van der Waals surface area contributed by atoms with Crippen molar-refractivity contribution in [3.63, 3.8) is 0 Å². The quantitative estimate of drug-likeness (QED) is 0.651. The lowest BCUT2D eigenvalue weighted by molar-refractivity contribution is -0.148. The summed E-state index contributed by atoms with van der Waals surface area (Å²) in [5, 5.41) is 16.7. The van der Waals surface area contributed by atoms with E-state index in [9.17, 15) is 9.59 Å². The van der Waals surface area contributed by atoms with Crippen LogP contribution in [0.3, 0.4) is 0 Å². The molecule has 0 saturated heterocycles. The van der Waals surface area contributed by atoms with E-state index >= 15 is 0 Å². The smallest absolute Gasteiger partial charge is 0.307 e. The minimum atomic E-state index is -1.10. The van der Waals surface area contributed by atoms with Crippen molar-refractivity contribution >= 4 is 11.9 Å². The number of aliphatic carboxylic acids is 2. The third-order valence-corrected chi connectivity index (χ3v) is 1.22. The van der Waals surface area contributed by atoms with E-state index in [0.717, 1.165) is 0 Å². The molecule has 0 fully saturated rings. The lowest BCUT2D eigenvalue weighted by Gasteiger charge is -2.04. The molecular weight excluding hydrogens is 179 g/mol. The van der Waals surface area contributed by atoms with Gasteiger partial charge in [0.05, 0.1) is 12.3 Å². The second-order valence-electron chi connectivity index (χ2n) is 2.16. The van der Waals surface area contributed by atoms with Gasteiger partial charge in [-0.1, -0.05) is 13.5 Å². The molecule has 0 aromatic carbocycles. The molecule has 0 radical (unpaired) electrons. The summed E-state index contributed by atoms with van der Waals surface area (Å²) in [4.78, 5) is 20.4. The van der Waals surface area contributed by atoms with Crippen molar-refractivity contribution in [2.24, 2.45) is 5.92 Å². The van der Waals surface area contributed by atoms with Gasteiger partial charge in [0.25, 0.3) is 0 Å². The van der Waals surface area contributed by atoms with Gasteiger partial charge >= 0.3 is 11.9 Å². The third-order valence-electron chi connectivity index (χ3n) is 1.22. The fourth-order valence-corrected chi connectivity index (χ4v) is 0.683. The summed E-state index contributed by atoms with van der Waals surface area (Å²) >= 11 is 0. The van der Waals surface area contributed by atoms with Gasteiger partial charge in [0, 0.05) is 0 Å². The van der Waals surface area contributed by atoms with E-state index in [1.807, 2.05) is 0 Å². The molecule has 0 spiro atoms. The predicted octanol–water partition coefficient (Wildman–Crippen LogP) is 1.53. The van der Waals surface area contributed by atoms with Crippen LogP contribution >= 0.6 is 0 Å². The normalized spacial score (nSPS) is 10.2. The van der Waals surface area contributed by atoms with Gasteiger partial charge in [-0.05, 0) is 6.42 Å². The van der Waals surface area contributed by atoms with E-state index in [1.54, 1.807) is 0 Å². The zero-order chi connectivity index (χ0) is 8.85. The van der Waals surface area contributed by atoms with Crippen LogP contribution < -0.4 is 0 Å². The van der Waals surface area contributed by atoms with E-state index in [1.165, 1.54) is 6.08 Å². The highest BCUT2D eigenvalue weighted by atomic mass is 19.0. The standard InChI is InChI=1S/C7H10O4.CH4.FH/c1-2-3-5(7(10)11)4-6(8)9;;/h2,5H,1,3-4H2,(H,8,9)(H,10,11);1H4;1H. The summed E-state index contributed by atoms with van der Waals surface area (Å²) in [6.45, 7) is 3.33. The maximum absolute atomic E-state index is 10.3. The Balaban J connectivity index is -0.000000500. The maximum Gasteiger partial charge on any atom is 0.307 e. The molecular formula is C8H15FO4. The number of carboxylic acid groups (broad SMARTS) is 2. The zero-order valence-electron chi connectivity index (χ0n) is 6.40. The van der Waals surface area contributed by atoms with Gasteiger partial charge in [0.15, 0.2) is 0 Å². The first-order valence-corrected chi connectivity index (χ1v) is 3.13. The summed E-state index contributed by atoms with van der Waals surface area (Å²) in [5.41, 5.74) is 0. The van der Waals surface area contributed by atoms with Crippen molar-refractivity contribution < 1.29 is 24.5 Å². The van der Waals surface area contributed by atoms with Crippen molar-refractivity contribution in [2.75, 3.05) is 0 Å².